The van der Waals surface area contributed by atoms with E-state index >= 15 is 0 Å². The molecule has 0 heterocycles. The smallest absolute Gasteiger partial charge is 0.157 e. The zero-order valence-corrected chi connectivity index (χ0v) is 12.7. The van der Waals surface area contributed by atoms with Crippen LogP contribution in [-0.2, 0) is 16.3 Å². The summed E-state index contributed by atoms with van der Waals surface area (Å²) in [7, 11) is -3.09. The Kier molecular flexibility index (Phi) is 4.31. The molecule has 0 aromatic heterocycles. The first kappa shape index (κ1) is 14.5. The fourth-order valence-electron chi connectivity index (χ4n) is 2.76. The monoisotopic (exact) mass is 281 g/mol. The van der Waals surface area contributed by atoms with Crippen molar-refractivity contribution in [1.29, 1.82) is 0 Å². The Morgan fingerprint density at radius 3 is 2.63 bits per heavy atom. The van der Waals surface area contributed by atoms with Crippen LogP contribution in [0.1, 0.15) is 44.4 Å². The third kappa shape index (κ3) is 2.70. The van der Waals surface area contributed by atoms with Crippen molar-refractivity contribution in [2.24, 2.45) is 0 Å². The predicted octanol–water partition coefficient (Wildman–Crippen LogP) is 2.48. The molecule has 0 amide bonds. The summed E-state index contributed by atoms with van der Waals surface area (Å²) in [4.78, 5) is 0. The summed E-state index contributed by atoms with van der Waals surface area (Å²) in [6.07, 6.45) is 1.64. The summed E-state index contributed by atoms with van der Waals surface area (Å²) in [5.74, 6) is 0. The molecule has 1 aromatic rings. The van der Waals surface area contributed by atoms with Crippen LogP contribution >= 0.6 is 0 Å². The van der Waals surface area contributed by atoms with Gasteiger partial charge in [-0.3, -0.25) is 0 Å². The molecular weight excluding hydrogens is 258 g/mol. The summed E-state index contributed by atoms with van der Waals surface area (Å²) in [5.41, 5.74) is 2.33. The van der Waals surface area contributed by atoms with Gasteiger partial charge in [0.15, 0.2) is 9.84 Å². The highest BCUT2D eigenvalue weighted by Gasteiger charge is 2.41. The van der Waals surface area contributed by atoms with E-state index in [-0.39, 0.29) is 16.5 Å². The third-order valence-corrected chi connectivity index (χ3v) is 6.47. The predicted molar refractivity (Wildman–Crippen MR) is 79.0 cm³/mol. The van der Waals surface area contributed by atoms with Crippen molar-refractivity contribution in [1.82, 2.24) is 5.32 Å². The summed E-state index contributed by atoms with van der Waals surface area (Å²) in [6.45, 7) is 6.49. The second-order valence-electron chi connectivity index (χ2n) is 5.51. The minimum atomic E-state index is -3.09. The summed E-state index contributed by atoms with van der Waals surface area (Å²) in [6, 6.07) is 8.03. The average molecular weight is 281 g/mol. The van der Waals surface area contributed by atoms with Gasteiger partial charge in [-0.2, -0.15) is 0 Å². The van der Waals surface area contributed by atoms with E-state index in [1.54, 1.807) is 13.8 Å². The van der Waals surface area contributed by atoms with Gasteiger partial charge in [0.05, 0.1) is 10.5 Å². The van der Waals surface area contributed by atoms with Crippen LogP contribution in [0.3, 0.4) is 0 Å². The SMILES string of the molecule is CCCNC1c2ccccc2CC1S(=O)(=O)C(C)C. The van der Waals surface area contributed by atoms with Crippen molar-refractivity contribution in [2.45, 2.75) is 50.2 Å². The van der Waals surface area contributed by atoms with Gasteiger partial charge in [-0.05, 0) is 44.4 Å². The van der Waals surface area contributed by atoms with E-state index in [1.165, 1.54) is 5.56 Å². The minimum Gasteiger partial charge on any atom is -0.309 e. The maximum atomic E-state index is 12.5. The Morgan fingerprint density at radius 1 is 1.32 bits per heavy atom. The number of fused-ring (bicyclic) bond motifs is 1. The van der Waals surface area contributed by atoms with Crippen LogP contribution in [0.4, 0.5) is 0 Å². The molecule has 0 fully saturated rings. The molecule has 0 spiro atoms. The first-order valence-corrected chi connectivity index (χ1v) is 8.63. The van der Waals surface area contributed by atoms with Crippen LogP contribution < -0.4 is 5.32 Å². The maximum Gasteiger partial charge on any atom is 0.157 e. The van der Waals surface area contributed by atoms with Gasteiger partial charge in [0, 0.05) is 6.04 Å². The molecule has 1 aromatic carbocycles. The van der Waals surface area contributed by atoms with Crippen molar-refractivity contribution in [3.8, 4) is 0 Å². The number of nitrogens with one attached hydrogen (secondary N) is 1. The molecule has 2 unspecified atom stereocenters. The summed E-state index contributed by atoms with van der Waals surface area (Å²) >= 11 is 0. The number of hydrogen-bond acceptors (Lipinski definition) is 3. The number of benzene rings is 1. The van der Waals surface area contributed by atoms with Gasteiger partial charge >= 0.3 is 0 Å². The highest BCUT2D eigenvalue weighted by atomic mass is 32.2. The molecular formula is C15H23NO2S. The Bertz CT molecular complexity index is 537. The Hall–Kier alpha value is -0.870. The van der Waals surface area contributed by atoms with Crippen molar-refractivity contribution in [2.75, 3.05) is 6.54 Å². The van der Waals surface area contributed by atoms with Crippen LogP contribution in [0.5, 0.6) is 0 Å². The minimum absolute atomic E-state index is 0.0523. The average Bonchev–Trinajstić information content (AvgIpc) is 2.75. The highest BCUT2D eigenvalue weighted by Crippen LogP contribution is 2.36. The second kappa shape index (κ2) is 5.63. The van der Waals surface area contributed by atoms with E-state index < -0.39 is 9.84 Å². The van der Waals surface area contributed by atoms with Crippen LogP contribution in [0, 0.1) is 0 Å². The van der Waals surface area contributed by atoms with Gasteiger partial charge in [-0.15, -0.1) is 0 Å². The number of sulfone groups is 1. The van der Waals surface area contributed by atoms with Gasteiger partial charge in [0.25, 0.3) is 0 Å². The fraction of sp³-hybridized carbons (Fsp3) is 0.600. The molecule has 0 aliphatic heterocycles. The van der Waals surface area contributed by atoms with Crippen molar-refractivity contribution in [3.05, 3.63) is 35.4 Å². The van der Waals surface area contributed by atoms with Gasteiger partial charge < -0.3 is 5.32 Å². The molecule has 0 saturated heterocycles. The molecule has 19 heavy (non-hydrogen) atoms. The zero-order valence-electron chi connectivity index (χ0n) is 11.9. The van der Waals surface area contributed by atoms with E-state index in [2.05, 4.69) is 18.3 Å². The standard InChI is InChI=1S/C15H23NO2S/c1-4-9-16-15-13-8-6-5-7-12(13)10-14(15)19(17,18)11(2)3/h5-8,11,14-16H,4,9-10H2,1-3H3. The summed E-state index contributed by atoms with van der Waals surface area (Å²) in [5, 5.41) is 2.78. The van der Waals surface area contributed by atoms with E-state index in [0.29, 0.717) is 6.42 Å². The van der Waals surface area contributed by atoms with Crippen molar-refractivity contribution >= 4 is 9.84 Å². The molecule has 3 nitrogen and oxygen atoms in total. The van der Waals surface area contributed by atoms with Crippen LogP contribution in [0.2, 0.25) is 0 Å². The van der Waals surface area contributed by atoms with E-state index in [9.17, 15) is 8.42 Å². The zero-order chi connectivity index (χ0) is 14.0. The van der Waals surface area contributed by atoms with Gasteiger partial charge in [0.2, 0.25) is 0 Å². The van der Waals surface area contributed by atoms with Gasteiger partial charge in [-0.1, -0.05) is 31.2 Å². The molecule has 0 radical (unpaired) electrons. The normalized spacial score (nSPS) is 22.7. The van der Waals surface area contributed by atoms with Crippen LogP contribution in [0.25, 0.3) is 0 Å². The van der Waals surface area contributed by atoms with Gasteiger partial charge in [-0.25, -0.2) is 8.42 Å². The van der Waals surface area contributed by atoms with E-state index in [0.717, 1.165) is 18.5 Å². The lowest BCUT2D eigenvalue weighted by Gasteiger charge is -2.23. The quantitative estimate of drug-likeness (QED) is 0.902. The molecule has 0 saturated carbocycles. The largest absolute Gasteiger partial charge is 0.309 e. The molecule has 2 atom stereocenters. The van der Waals surface area contributed by atoms with Crippen LogP contribution in [0.15, 0.2) is 24.3 Å². The van der Waals surface area contributed by atoms with Crippen LogP contribution in [-0.4, -0.2) is 25.5 Å². The molecule has 1 N–H and O–H groups in total. The third-order valence-electron chi connectivity index (χ3n) is 3.88. The molecule has 1 aliphatic carbocycles. The molecule has 106 valence electrons. The fourth-order valence-corrected chi connectivity index (χ4v) is 4.49. The van der Waals surface area contributed by atoms with E-state index in [4.69, 9.17) is 0 Å². The lowest BCUT2D eigenvalue weighted by molar-refractivity contribution is 0.501. The van der Waals surface area contributed by atoms with E-state index in [1.807, 2.05) is 18.2 Å². The molecule has 2 rings (SSSR count). The first-order valence-electron chi connectivity index (χ1n) is 7.02. The maximum absolute atomic E-state index is 12.5. The second-order valence-corrected chi connectivity index (χ2v) is 8.24. The van der Waals surface area contributed by atoms with Crippen molar-refractivity contribution in [3.63, 3.8) is 0 Å². The topological polar surface area (TPSA) is 46.2 Å². The van der Waals surface area contributed by atoms with Gasteiger partial charge in [0.1, 0.15) is 0 Å². The number of rotatable bonds is 5. The number of hydrogen-bond donors (Lipinski definition) is 1. The molecule has 4 heteroatoms. The lowest BCUT2D eigenvalue weighted by Crippen LogP contribution is -2.38. The Balaban J connectivity index is 2.36. The van der Waals surface area contributed by atoms with Crippen molar-refractivity contribution < 1.29 is 8.42 Å². The molecule has 0 bridgehead atoms. The Labute approximate surface area is 116 Å². The summed E-state index contributed by atoms with van der Waals surface area (Å²) < 4.78 is 25.1. The molecule has 1 aliphatic rings. The highest BCUT2D eigenvalue weighted by molar-refractivity contribution is 7.92. The lowest BCUT2D eigenvalue weighted by atomic mass is 10.1. The Morgan fingerprint density at radius 2 is 2.00 bits per heavy atom. The first-order chi connectivity index (χ1) is 8.98.